The Morgan fingerprint density at radius 2 is 1.93 bits per heavy atom. The number of hydrogen-bond donors (Lipinski definition) is 2. The summed E-state index contributed by atoms with van der Waals surface area (Å²) in [6.45, 7) is 5.11. The predicted octanol–water partition coefficient (Wildman–Crippen LogP) is -0.561. The van der Waals surface area contributed by atoms with Gasteiger partial charge in [0, 0.05) is 25.7 Å². The van der Waals surface area contributed by atoms with E-state index in [0.29, 0.717) is 13.0 Å². The van der Waals surface area contributed by atoms with E-state index < -0.39 is 23.8 Å². The monoisotopic (exact) mass is 405 g/mol. The minimum atomic E-state index is -1.10. The number of urea groups is 1. The quantitative estimate of drug-likeness (QED) is 0.345. The summed E-state index contributed by atoms with van der Waals surface area (Å²) in [6.07, 6.45) is 2.56. The largest absolute Gasteiger partial charge is 0.370 e. The Kier molecular flexibility index (Phi) is 7.42. The molecule has 29 heavy (non-hydrogen) atoms. The maximum Gasteiger partial charge on any atom is 0.330 e. The number of hydrogen-bond acceptors (Lipinski definition) is 5. The fraction of sp³-hybridized carbons (Fsp3) is 0.500. The Labute approximate surface area is 168 Å². The van der Waals surface area contributed by atoms with Crippen molar-refractivity contribution in [1.29, 1.82) is 0 Å². The molecule has 0 unspecified atom stereocenters. The highest BCUT2D eigenvalue weighted by Crippen LogP contribution is 2.11. The first-order valence-electron chi connectivity index (χ1n) is 9.86. The average molecular weight is 405 g/mol. The van der Waals surface area contributed by atoms with Gasteiger partial charge in [-0.1, -0.05) is 12.1 Å². The molecule has 2 saturated heterocycles. The number of imide groups is 2. The van der Waals surface area contributed by atoms with Crippen LogP contribution in [0, 0.1) is 11.7 Å². The minimum Gasteiger partial charge on any atom is -0.370 e. The molecule has 156 valence electrons. The van der Waals surface area contributed by atoms with Crippen LogP contribution in [0.1, 0.15) is 12.0 Å². The van der Waals surface area contributed by atoms with E-state index in [4.69, 9.17) is 4.74 Å². The molecule has 4 amide bonds. The first kappa shape index (κ1) is 21.1. The molecule has 8 nitrogen and oxygen atoms in total. The number of benzene rings is 1. The molecule has 0 radical (unpaired) electrons. The lowest BCUT2D eigenvalue weighted by Gasteiger charge is -2.28. The van der Waals surface area contributed by atoms with Crippen LogP contribution in [0.2, 0.25) is 0 Å². The fourth-order valence-electron chi connectivity index (χ4n) is 3.38. The molecule has 0 aliphatic carbocycles. The highest BCUT2D eigenvalue weighted by atomic mass is 19.1. The standard InChI is InChI=1S/C20H25FN4O4/c21-16-4-2-15(3-5-16)6-9-25-19(27)17(18(26)23-20(25)28)14-22-7-1-8-24-10-12-29-13-11-24/h2-5,14,17H,1,6-13H2,(H,23,26,28)/p+1/t17-/m1/s1. The van der Waals surface area contributed by atoms with E-state index in [0.717, 1.165) is 49.7 Å². The van der Waals surface area contributed by atoms with E-state index in [1.54, 1.807) is 12.1 Å². The zero-order chi connectivity index (χ0) is 20.6. The van der Waals surface area contributed by atoms with Crippen LogP contribution in [0.4, 0.5) is 9.18 Å². The zero-order valence-electron chi connectivity index (χ0n) is 16.2. The molecule has 1 aromatic rings. The Morgan fingerprint density at radius 3 is 2.66 bits per heavy atom. The van der Waals surface area contributed by atoms with Crippen molar-refractivity contribution < 1.29 is 28.4 Å². The van der Waals surface area contributed by atoms with Gasteiger partial charge in [-0.15, -0.1) is 0 Å². The molecule has 2 fully saturated rings. The summed E-state index contributed by atoms with van der Waals surface area (Å²) >= 11 is 0. The van der Waals surface area contributed by atoms with Crippen LogP contribution in [0.5, 0.6) is 0 Å². The number of halogens is 1. The van der Waals surface area contributed by atoms with Crippen molar-refractivity contribution in [3.63, 3.8) is 0 Å². The summed E-state index contributed by atoms with van der Waals surface area (Å²) in [5.74, 6) is -2.68. The molecule has 9 heteroatoms. The molecule has 1 aromatic carbocycles. The summed E-state index contributed by atoms with van der Waals surface area (Å²) in [4.78, 5) is 43.4. The second-order valence-corrected chi connectivity index (χ2v) is 7.16. The topological polar surface area (TPSA) is 92.5 Å². The number of amides is 4. The molecule has 3 rings (SSSR count). The third kappa shape index (κ3) is 5.91. The van der Waals surface area contributed by atoms with Crippen molar-refractivity contribution in [1.82, 2.24) is 10.2 Å². The third-order valence-corrected chi connectivity index (χ3v) is 5.10. The molecular weight excluding hydrogens is 379 g/mol. The lowest BCUT2D eigenvalue weighted by Crippen LogP contribution is -3.14. The Hall–Kier alpha value is -2.65. The van der Waals surface area contributed by atoms with Crippen LogP contribution >= 0.6 is 0 Å². The molecule has 0 spiro atoms. The van der Waals surface area contributed by atoms with Gasteiger partial charge >= 0.3 is 6.03 Å². The fourth-order valence-corrected chi connectivity index (χ4v) is 3.38. The average Bonchev–Trinajstić information content (AvgIpc) is 2.71. The van der Waals surface area contributed by atoms with Gasteiger partial charge < -0.3 is 9.64 Å². The van der Waals surface area contributed by atoms with E-state index in [2.05, 4.69) is 10.3 Å². The molecule has 1 atom stereocenters. The number of carbonyl (C=O) groups excluding carboxylic acids is 3. The maximum atomic E-state index is 13.0. The van der Waals surface area contributed by atoms with E-state index in [9.17, 15) is 18.8 Å². The molecule has 2 heterocycles. The third-order valence-electron chi connectivity index (χ3n) is 5.10. The van der Waals surface area contributed by atoms with Gasteiger partial charge in [-0.05, 0) is 24.1 Å². The predicted molar refractivity (Wildman–Crippen MR) is 103 cm³/mol. The molecule has 2 N–H and O–H groups in total. The number of ether oxygens (including phenoxy) is 1. The number of rotatable bonds is 8. The Morgan fingerprint density at radius 1 is 1.21 bits per heavy atom. The molecule has 0 bridgehead atoms. The summed E-state index contributed by atoms with van der Waals surface area (Å²) < 4.78 is 18.3. The molecule has 2 aliphatic rings. The van der Waals surface area contributed by atoms with E-state index in [1.165, 1.54) is 23.2 Å². The number of morpholine rings is 1. The van der Waals surface area contributed by atoms with Gasteiger partial charge in [0.25, 0.3) is 0 Å². The Balaban J connectivity index is 1.49. The molecule has 2 aliphatic heterocycles. The van der Waals surface area contributed by atoms with Crippen LogP contribution < -0.4 is 10.2 Å². The second-order valence-electron chi connectivity index (χ2n) is 7.16. The first-order chi connectivity index (χ1) is 14.0. The molecule has 0 saturated carbocycles. The van der Waals surface area contributed by atoms with Gasteiger partial charge in [-0.25, -0.2) is 9.18 Å². The number of barbiturate groups is 1. The highest BCUT2D eigenvalue weighted by molar-refractivity contribution is 6.23. The van der Waals surface area contributed by atoms with Gasteiger partial charge in [0.05, 0.1) is 19.8 Å². The number of nitrogens with one attached hydrogen (secondary N) is 2. The van der Waals surface area contributed by atoms with Gasteiger partial charge in [0.2, 0.25) is 11.8 Å². The van der Waals surface area contributed by atoms with Crippen molar-refractivity contribution in [3.05, 3.63) is 35.6 Å². The first-order valence-corrected chi connectivity index (χ1v) is 9.86. The summed E-state index contributed by atoms with van der Waals surface area (Å²) in [6, 6.07) is 5.11. The minimum absolute atomic E-state index is 0.105. The van der Waals surface area contributed by atoms with Gasteiger partial charge in [0.1, 0.15) is 18.9 Å². The normalized spacial score (nSPS) is 21.1. The van der Waals surface area contributed by atoms with Crippen molar-refractivity contribution in [2.45, 2.75) is 12.8 Å². The summed E-state index contributed by atoms with van der Waals surface area (Å²) in [5.41, 5.74) is 0.791. The number of quaternary nitrogens is 1. The number of nitrogens with zero attached hydrogens (tertiary/aromatic N) is 2. The zero-order valence-corrected chi connectivity index (χ0v) is 16.2. The lowest BCUT2D eigenvalue weighted by atomic mass is 10.1. The van der Waals surface area contributed by atoms with E-state index in [-0.39, 0.29) is 12.4 Å². The Bertz CT molecular complexity index is 762. The van der Waals surface area contributed by atoms with Crippen molar-refractivity contribution in [2.75, 3.05) is 45.9 Å². The van der Waals surface area contributed by atoms with Crippen LogP contribution in [0.15, 0.2) is 29.3 Å². The van der Waals surface area contributed by atoms with Crippen molar-refractivity contribution >= 4 is 24.1 Å². The number of aliphatic imine (C=N–C) groups is 1. The molecular formula is C20H26FN4O4+. The number of carbonyl (C=O) groups is 3. The van der Waals surface area contributed by atoms with Crippen molar-refractivity contribution in [2.24, 2.45) is 10.9 Å². The van der Waals surface area contributed by atoms with Crippen LogP contribution in [0.25, 0.3) is 0 Å². The summed E-state index contributed by atoms with van der Waals surface area (Å²) in [7, 11) is 0. The maximum absolute atomic E-state index is 13.0. The highest BCUT2D eigenvalue weighted by Gasteiger charge is 2.39. The lowest BCUT2D eigenvalue weighted by molar-refractivity contribution is -0.908. The van der Waals surface area contributed by atoms with Crippen LogP contribution in [-0.4, -0.2) is 74.9 Å². The van der Waals surface area contributed by atoms with E-state index >= 15 is 0 Å². The van der Waals surface area contributed by atoms with E-state index in [1.807, 2.05) is 0 Å². The van der Waals surface area contributed by atoms with Gasteiger partial charge in [0.15, 0.2) is 5.92 Å². The molecule has 0 aromatic heterocycles. The second kappa shape index (κ2) is 10.2. The van der Waals surface area contributed by atoms with Crippen LogP contribution in [-0.2, 0) is 20.7 Å². The smallest absolute Gasteiger partial charge is 0.330 e. The SMILES string of the molecule is O=C1NC(=O)N(CCc2ccc(F)cc2)C(=O)[C@@H]1C=NCCC[NH+]1CCOCC1. The van der Waals surface area contributed by atoms with Crippen molar-refractivity contribution in [3.8, 4) is 0 Å². The summed E-state index contributed by atoms with van der Waals surface area (Å²) in [5, 5.41) is 2.21. The van der Waals surface area contributed by atoms with Gasteiger partial charge in [-0.2, -0.15) is 0 Å². The van der Waals surface area contributed by atoms with Crippen LogP contribution in [0.3, 0.4) is 0 Å². The van der Waals surface area contributed by atoms with Gasteiger partial charge in [-0.3, -0.25) is 24.8 Å².